The summed E-state index contributed by atoms with van der Waals surface area (Å²) in [6.07, 6.45) is 3.99. The van der Waals surface area contributed by atoms with E-state index in [1.54, 1.807) is 0 Å². The van der Waals surface area contributed by atoms with Gasteiger partial charge in [0.2, 0.25) is 5.91 Å². The van der Waals surface area contributed by atoms with Crippen molar-refractivity contribution in [2.24, 2.45) is 17.6 Å². The Labute approximate surface area is 93.0 Å². The van der Waals surface area contributed by atoms with E-state index in [0.29, 0.717) is 11.8 Å². The van der Waals surface area contributed by atoms with E-state index in [-0.39, 0.29) is 12.0 Å². The first-order valence-electron chi connectivity index (χ1n) is 6.05. The van der Waals surface area contributed by atoms with Gasteiger partial charge in [0, 0.05) is 25.6 Å². The molecule has 0 radical (unpaired) electrons. The largest absolute Gasteiger partial charge is 0.345 e. The van der Waals surface area contributed by atoms with E-state index in [0.717, 1.165) is 32.2 Å². The van der Waals surface area contributed by atoms with E-state index >= 15 is 0 Å². The van der Waals surface area contributed by atoms with Crippen LogP contribution in [-0.2, 0) is 4.79 Å². The molecule has 1 saturated carbocycles. The van der Waals surface area contributed by atoms with Crippen LogP contribution in [0.1, 0.15) is 39.5 Å². The Balaban J connectivity index is 2.39. The average Bonchev–Trinajstić information content (AvgIpc) is 2.63. The molecule has 0 aromatic heterocycles. The Hall–Kier alpha value is -0.570. The standard InChI is InChI=1S/C12H24N2O/c1-4-9(2)8-14(3)12(15)10-5-6-11(13)7-10/h9-11H,4-8,13H2,1-3H3. The van der Waals surface area contributed by atoms with E-state index in [2.05, 4.69) is 13.8 Å². The lowest BCUT2D eigenvalue weighted by Gasteiger charge is -2.23. The van der Waals surface area contributed by atoms with Gasteiger partial charge in [0.1, 0.15) is 0 Å². The van der Waals surface area contributed by atoms with Crippen molar-refractivity contribution < 1.29 is 4.79 Å². The van der Waals surface area contributed by atoms with Gasteiger partial charge in [-0.15, -0.1) is 0 Å². The van der Waals surface area contributed by atoms with Gasteiger partial charge >= 0.3 is 0 Å². The van der Waals surface area contributed by atoms with Crippen molar-refractivity contribution in [3.05, 3.63) is 0 Å². The second-order valence-corrected chi connectivity index (χ2v) is 5.00. The molecular formula is C12H24N2O. The quantitative estimate of drug-likeness (QED) is 0.769. The summed E-state index contributed by atoms with van der Waals surface area (Å²) < 4.78 is 0. The normalized spacial score (nSPS) is 27.7. The molecule has 3 nitrogen and oxygen atoms in total. The molecule has 1 fully saturated rings. The van der Waals surface area contributed by atoms with Crippen molar-refractivity contribution >= 4 is 5.91 Å². The molecule has 3 heteroatoms. The van der Waals surface area contributed by atoms with Crippen LogP contribution in [0.15, 0.2) is 0 Å². The smallest absolute Gasteiger partial charge is 0.225 e. The van der Waals surface area contributed by atoms with E-state index in [4.69, 9.17) is 5.73 Å². The zero-order valence-electron chi connectivity index (χ0n) is 10.2. The minimum absolute atomic E-state index is 0.189. The van der Waals surface area contributed by atoms with Crippen molar-refractivity contribution in [1.82, 2.24) is 4.90 Å². The number of carbonyl (C=O) groups is 1. The van der Waals surface area contributed by atoms with Crippen LogP contribution < -0.4 is 5.73 Å². The molecule has 0 heterocycles. The molecule has 1 aliphatic rings. The van der Waals surface area contributed by atoms with Gasteiger partial charge in [0.25, 0.3) is 0 Å². The maximum Gasteiger partial charge on any atom is 0.225 e. The van der Waals surface area contributed by atoms with Gasteiger partial charge in [-0.05, 0) is 25.2 Å². The summed E-state index contributed by atoms with van der Waals surface area (Å²) in [5.41, 5.74) is 5.82. The van der Waals surface area contributed by atoms with Gasteiger partial charge < -0.3 is 10.6 Å². The number of carbonyl (C=O) groups excluding carboxylic acids is 1. The molecule has 1 rings (SSSR count). The number of hydrogen-bond acceptors (Lipinski definition) is 2. The molecule has 0 aliphatic heterocycles. The van der Waals surface area contributed by atoms with Crippen LogP contribution in [0, 0.1) is 11.8 Å². The molecule has 3 unspecified atom stereocenters. The molecule has 0 saturated heterocycles. The number of nitrogens with zero attached hydrogens (tertiary/aromatic N) is 1. The second kappa shape index (κ2) is 5.50. The van der Waals surface area contributed by atoms with Crippen molar-refractivity contribution in [1.29, 1.82) is 0 Å². The topological polar surface area (TPSA) is 46.3 Å². The van der Waals surface area contributed by atoms with Crippen LogP contribution in [0.3, 0.4) is 0 Å². The van der Waals surface area contributed by atoms with E-state index < -0.39 is 0 Å². The summed E-state index contributed by atoms with van der Waals surface area (Å²) in [6, 6.07) is 0.246. The fraction of sp³-hybridized carbons (Fsp3) is 0.917. The summed E-state index contributed by atoms with van der Waals surface area (Å²) in [4.78, 5) is 13.9. The Kier molecular flexibility index (Phi) is 4.58. The van der Waals surface area contributed by atoms with Crippen LogP contribution in [0.5, 0.6) is 0 Å². The summed E-state index contributed by atoms with van der Waals surface area (Å²) in [7, 11) is 1.92. The first-order chi connectivity index (χ1) is 7.04. The van der Waals surface area contributed by atoms with Crippen LogP contribution >= 0.6 is 0 Å². The molecule has 1 aliphatic carbocycles. The molecule has 0 aromatic carbocycles. The molecule has 15 heavy (non-hydrogen) atoms. The highest BCUT2D eigenvalue weighted by Gasteiger charge is 2.29. The molecule has 3 atom stereocenters. The second-order valence-electron chi connectivity index (χ2n) is 5.00. The monoisotopic (exact) mass is 212 g/mol. The summed E-state index contributed by atoms with van der Waals surface area (Å²) in [6.45, 7) is 5.22. The predicted molar refractivity (Wildman–Crippen MR) is 62.4 cm³/mol. The van der Waals surface area contributed by atoms with Gasteiger partial charge in [-0.25, -0.2) is 0 Å². The van der Waals surface area contributed by atoms with Crippen LogP contribution in [0.2, 0.25) is 0 Å². The molecule has 0 bridgehead atoms. The predicted octanol–water partition coefficient (Wildman–Crippen LogP) is 1.62. The Bertz CT molecular complexity index is 218. The summed E-state index contributed by atoms with van der Waals surface area (Å²) >= 11 is 0. The van der Waals surface area contributed by atoms with Gasteiger partial charge in [0.05, 0.1) is 0 Å². The molecule has 0 spiro atoms. The van der Waals surface area contributed by atoms with Gasteiger partial charge in [-0.1, -0.05) is 20.3 Å². The van der Waals surface area contributed by atoms with Gasteiger partial charge in [0.15, 0.2) is 0 Å². The lowest BCUT2D eigenvalue weighted by Crippen LogP contribution is -2.35. The maximum atomic E-state index is 12.0. The first kappa shape index (κ1) is 12.5. The molecule has 88 valence electrons. The van der Waals surface area contributed by atoms with Crippen LogP contribution in [0.25, 0.3) is 0 Å². The van der Waals surface area contributed by atoms with Crippen molar-refractivity contribution in [3.63, 3.8) is 0 Å². The maximum absolute atomic E-state index is 12.0. The van der Waals surface area contributed by atoms with E-state index in [9.17, 15) is 4.79 Å². The Morgan fingerprint density at radius 2 is 2.20 bits per heavy atom. The SMILES string of the molecule is CCC(C)CN(C)C(=O)C1CCC(N)C1. The first-order valence-corrected chi connectivity index (χ1v) is 6.05. The molecule has 1 amide bonds. The van der Waals surface area contributed by atoms with Gasteiger partial charge in [-0.3, -0.25) is 4.79 Å². The highest BCUT2D eigenvalue weighted by molar-refractivity contribution is 5.78. The minimum Gasteiger partial charge on any atom is -0.345 e. The molecule has 2 N–H and O–H groups in total. The van der Waals surface area contributed by atoms with E-state index in [1.807, 2.05) is 11.9 Å². The Morgan fingerprint density at radius 1 is 1.53 bits per heavy atom. The third-order valence-electron chi connectivity index (χ3n) is 3.48. The third-order valence-corrected chi connectivity index (χ3v) is 3.48. The molecule has 0 aromatic rings. The lowest BCUT2D eigenvalue weighted by molar-refractivity contribution is -0.134. The summed E-state index contributed by atoms with van der Waals surface area (Å²) in [5.74, 6) is 1.08. The zero-order chi connectivity index (χ0) is 11.4. The van der Waals surface area contributed by atoms with Crippen molar-refractivity contribution in [2.75, 3.05) is 13.6 Å². The van der Waals surface area contributed by atoms with Gasteiger partial charge in [-0.2, -0.15) is 0 Å². The third kappa shape index (κ3) is 3.49. The van der Waals surface area contributed by atoms with Crippen molar-refractivity contribution in [3.8, 4) is 0 Å². The fourth-order valence-electron chi connectivity index (χ4n) is 2.24. The van der Waals surface area contributed by atoms with Crippen LogP contribution in [0.4, 0.5) is 0 Å². The highest BCUT2D eigenvalue weighted by Crippen LogP contribution is 2.25. The number of rotatable bonds is 4. The number of amides is 1. The minimum atomic E-state index is 0.189. The fourth-order valence-corrected chi connectivity index (χ4v) is 2.24. The summed E-state index contributed by atoms with van der Waals surface area (Å²) in [5, 5.41) is 0. The highest BCUT2D eigenvalue weighted by atomic mass is 16.2. The zero-order valence-corrected chi connectivity index (χ0v) is 10.2. The van der Waals surface area contributed by atoms with E-state index in [1.165, 1.54) is 0 Å². The molecular weight excluding hydrogens is 188 g/mol. The lowest BCUT2D eigenvalue weighted by atomic mass is 10.0. The average molecular weight is 212 g/mol. The number of hydrogen-bond donors (Lipinski definition) is 1. The number of nitrogens with two attached hydrogens (primary N) is 1. The van der Waals surface area contributed by atoms with Crippen LogP contribution in [-0.4, -0.2) is 30.4 Å². The van der Waals surface area contributed by atoms with Crippen molar-refractivity contribution in [2.45, 2.75) is 45.6 Å². The Morgan fingerprint density at radius 3 is 2.67 bits per heavy atom.